The van der Waals surface area contributed by atoms with Crippen molar-refractivity contribution in [2.24, 2.45) is 0 Å². The van der Waals surface area contributed by atoms with E-state index in [-0.39, 0.29) is 16.1 Å². The maximum atomic E-state index is 13.2. The molecule has 0 bridgehead atoms. The normalized spacial score (nSPS) is 11.2. The van der Waals surface area contributed by atoms with Crippen LogP contribution in [0.4, 0.5) is 11.4 Å². The molecule has 0 saturated heterocycles. The minimum atomic E-state index is -3.79. The van der Waals surface area contributed by atoms with Crippen molar-refractivity contribution in [1.29, 1.82) is 0 Å². The molecular formula is C27H20N4O4S. The van der Waals surface area contributed by atoms with Crippen LogP contribution in [-0.2, 0) is 10.0 Å². The number of anilines is 2. The third kappa shape index (κ3) is 4.59. The summed E-state index contributed by atoms with van der Waals surface area (Å²) in [6, 6.07) is 29.9. The number of aromatic nitrogens is 2. The zero-order chi connectivity index (χ0) is 25.1. The van der Waals surface area contributed by atoms with Crippen LogP contribution in [0.2, 0.25) is 0 Å². The summed E-state index contributed by atoms with van der Waals surface area (Å²) < 4.78 is 29.0. The van der Waals surface area contributed by atoms with Crippen LogP contribution in [0.15, 0.2) is 119 Å². The first-order valence-electron chi connectivity index (χ1n) is 11.0. The molecule has 1 aromatic heterocycles. The summed E-state index contributed by atoms with van der Waals surface area (Å²) in [6.45, 7) is 0. The minimum absolute atomic E-state index is 0.0468. The van der Waals surface area contributed by atoms with E-state index in [2.05, 4.69) is 15.1 Å². The van der Waals surface area contributed by atoms with Gasteiger partial charge in [0.15, 0.2) is 5.69 Å². The van der Waals surface area contributed by atoms with Crippen molar-refractivity contribution in [2.75, 3.05) is 10.0 Å². The van der Waals surface area contributed by atoms with E-state index < -0.39 is 15.9 Å². The molecule has 0 unspecified atom stereocenters. The van der Waals surface area contributed by atoms with Crippen molar-refractivity contribution in [3.63, 3.8) is 0 Å². The lowest BCUT2D eigenvalue weighted by atomic mass is 10.1. The van der Waals surface area contributed by atoms with Gasteiger partial charge in [0.2, 0.25) is 0 Å². The van der Waals surface area contributed by atoms with E-state index >= 15 is 0 Å². The zero-order valence-electron chi connectivity index (χ0n) is 18.8. The molecule has 9 heteroatoms. The van der Waals surface area contributed by atoms with Crippen molar-refractivity contribution < 1.29 is 13.2 Å². The fraction of sp³-hybridized carbons (Fsp3) is 0. The van der Waals surface area contributed by atoms with E-state index in [0.29, 0.717) is 27.8 Å². The number of amides is 1. The van der Waals surface area contributed by atoms with Crippen LogP contribution in [0.25, 0.3) is 16.5 Å². The number of hydrogen-bond acceptors (Lipinski definition) is 5. The SMILES string of the molecule is O=C(Nc1ccc(S(=O)(=O)Nc2ccccc2)cc1)c1nn(-c2ccccc2)c(=O)c2ccccc12. The molecule has 0 atom stereocenters. The number of benzene rings is 4. The molecule has 0 spiro atoms. The monoisotopic (exact) mass is 496 g/mol. The molecular weight excluding hydrogens is 476 g/mol. The zero-order valence-corrected chi connectivity index (χ0v) is 19.6. The summed E-state index contributed by atoms with van der Waals surface area (Å²) in [6.07, 6.45) is 0. The van der Waals surface area contributed by atoms with Gasteiger partial charge in [0.1, 0.15) is 0 Å². The molecule has 0 aliphatic rings. The molecule has 0 fully saturated rings. The predicted molar refractivity (Wildman–Crippen MR) is 139 cm³/mol. The molecule has 0 aliphatic heterocycles. The van der Waals surface area contributed by atoms with Crippen molar-refractivity contribution >= 4 is 38.1 Å². The fourth-order valence-electron chi connectivity index (χ4n) is 3.73. The third-order valence-corrected chi connectivity index (χ3v) is 6.87. The summed E-state index contributed by atoms with van der Waals surface area (Å²) in [5, 5.41) is 7.87. The number of hydrogen-bond donors (Lipinski definition) is 2. The molecule has 2 N–H and O–H groups in total. The summed E-state index contributed by atoms with van der Waals surface area (Å²) in [4.78, 5) is 26.3. The Balaban J connectivity index is 1.45. The summed E-state index contributed by atoms with van der Waals surface area (Å²) in [5.41, 5.74) is 1.08. The lowest BCUT2D eigenvalue weighted by Gasteiger charge is -2.12. The summed E-state index contributed by atoms with van der Waals surface area (Å²) in [7, 11) is -3.79. The van der Waals surface area contributed by atoms with Crippen LogP contribution in [0.3, 0.4) is 0 Å². The molecule has 4 aromatic carbocycles. The van der Waals surface area contributed by atoms with E-state index in [9.17, 15) is 18.0 Å². The van der Waals surface area contributed by atoms with Crippen molar-refractivity contribution in [3.05, 3.63) is 125 Å². The molecule has 0 aliphatic carbocycles. The van der Waals surface area contributed by atoms with E-state index in [1.54, 1.807) is 78.9 Å². The Morgan fingerprint density at radius 3 is 1.94 bits per heavy atom. The van der Waals surface area contributed by atoms with Gasteiger partial charge >= 0.3 is 0 Å². The summed E-state index contributed by atoms with van der Waals surface area (Å²) >= 11 is 0. The number of nitrogens with zero attached hydrogens (tertiary/aromatic N) is 2. The van der Waals surface area contributed by atoms with Crippen LogP contribution in [0.5, 0.6) is 0 Å². The van der Waals surface area contributed by atoms with E-state index in [1.807, 2.05) is 6.07 Å². The van der Waals surface area contributed by atoms with Gasteiger partial charge in [-0.3, -0.25) is 14.3 Å². The first-order chi connectivity index (χ1) is 17.4. The molecule has 0 saturated carbocycles. The maximum absolute atomic E-state index is 13.2. The van der Waals surface area contributed by atoms with Crippen LogP contribution in [0, 0.1) is 0 Å². The van der Waals surface area contributed by atoms with E-state index in [0.717, 1.165) is 0 Å². The quantitative estimate of drug-likeness (QED) is 0.361. The number of para-hydroxylation sites is 2. The second kappa shape index (κ2) is 9.47. The molecule has 5 rings (SSSR count). The number of carbonyl (C=O) groups excluding carboxylic acids is 1. The Morgan fingerprint density at radius 2 is 1.28 bits per heavy atom. The van der Waals surface area contributed by atoms with Gasteiger partial charge < -0.3 is 5.32 Å². The maximum Gasteiger partial charge on any atom is 0.279 e. The Bertz CT molecular complexity index is 1720. The highest BCUT2D eigenvalue weighted by Gasteiger charge is 2.19. The number of nitrogens with one attached hydrogen (secondary N) is 2. The Hall–Kier alpha value is -4.76. The van der Waals surface area contributed by atoms with E-state index in [4.69, 9.17) is 0 Å². The molecule has 36 heavy (non-hydrogen) atoms. The molecule has 178 valence electrons. The van der Waals surface area contributed by atoms with Crippen LogP contribution < -0.4 is 15.6 Å². The third-order valence-electron chi connectivity index (χ3n) is 5.47. The number of sulfonamides is 1. The second-order valence-corrected chi connectivity index (χ2v) is 9.58. The highest BCUT2D eigenvalue weighted by molar-refractivity contribution is 7.92. The van der Waals surface area contributed by atoms with E-state index in [1.165, 1.54) is 28.9 Å². The first kappa shape index (κ1) is 23.0. The number of fused-ring (bicyclic) bond motifs is 1. The highest BCUT2D eigenvalue weighted by Crippen LogP contribution is 2.20. The average Bonchev–Trinajstić information content (AvgIpc) is 2.90. The number of carbonyl (C=O) groups is 1. The second-order valence-electron chi connectivity index (χ2n) is 7.90. The van der Waals surface area contributed by atoms with Crippen molar-refractivity contribution in [1.82, 2.24) is 9.78 Å². The summed E-state index contributed by atoms with van der Waals surface area (Å²) in [5.74, 6) is -0.533. The topological polar surface area (TPSA) is 110 Å². The average molecular weight is 497 g/mol. The lowest BCUT2D eigenvalue weighted by molar-refractivity contribution is 0.102. The molecule has 5 aromatic rings. The van der Waals surface area contributed by atoms with Crippen molar-refractivity contribution in [2.45, 2.75) is 4.90 Å². The van der Waals surface area contributed by atoms with Crippen LogP contribution in [-0.4, -0.2) is 24.1 Å². The van der Waals surface area contributed by atoms with Gasteiger partial charge in [-0.15, -0.1) is 0 Å². The van der Waals surface area contributed by atoms with Gasteiger partial charge in [0, 0.05) is 16.8 Å². The minimum Gasteiger partial charge on any atom is -0.321 e. The standard InChI is InChI=1S/C27H20N4O4S/c32-26(28-19-15-17-22(18-16-19)36(34,35)30-20-9-3-1-4-10-20)25-23-13-7-8-14-24(23)27(33)31(29-25)21-11-5-2-6-12-21/h1-18,30H,(H,28,32). The largest absolute Gasteiger partial charge is 0.321 e. The number of rotatable bonds is 6. The van der Waals surface area contributed by atoms with Gasteiger partial charge in [0.05, 0.1) is 16.0 Å². The molecule has 1 amide bonds. The fourth-order valence-corrected chi connectivity index (χ4v) is 4.79. The van der Waals surface area contributed by atoms with Crippen LogP contribution >= 0.6 is 0 Å². The lowest BCUT2D eigenvalue weighted by Crippen LogP contribution is -2.26. The van der Waals surface area contributed by atoms with Gasteiger partial charge in [-0.2, -0.15) is 9.78 Å². The van der Waals surface area contributed by atoms with Gasteiger partial charge in [-0.05, 0) is 54.6 Å². The molecule has 0 radical (unpaired) electrons. The van der Waals surface area contributed by atoms with Gasteiger partial charge in [0.25, 0.3) is 21.5 Å². The smallest absolute Gasteiger partial charge is 0.279 e. The first-order valence-corrected chi connectivity index (χ1v) is 12.5. The predicted octanol–water partition coefficient (Wildman–Crippen LogP) is 4.44. The van der Waals surface area contributed by atoms with Crippen molar-refractivity contribution in [3.8, 4) is 5.69 Å². The molecule has 8 nitrogen and oxygen atoms in total. The Labute approximate surface area is 206 Å². The highest BCUT2D eigenvalue weighted by atomic mass is 32.2. The van der Waals surface area contributed by atoms with Gasteiger partial charge in [-0.25, -0.2) is 8.42 Å². The van der Waals surface area contributed by atoms with Crippen LogP contribution in [0.1, 0.15) is 10.5 Å². The Kier molecular flexibility index (Phi) is 6.05. The molecule has 1 heterocycles. The Morgan fingerprint density at radius 1 is 0.694 bits per heavy atom. The van der Waals surface area contributed by atoms with Gasteiger partial charge in [-0.1, -0.05) is 54.6 Å².